The van der Waals surface area contributed by atoms with Crippen LogP contribution in [0.2, 0.25) is 0 Å². The summed E-state index contributed by atoms with van der Waals surface area (Å²) in [5, 5.41) is 0.513. The van der Waals surface area contributed by atoms with E-state index in [0.717, 1.165) is 29.8 Å². The smallest absolute Gasteiger partial charge is 0.290 e. The van der Waals surface area contributed by atoms with Crippen LogP contribution in [-0.4, -0.2) is 60.1 Å². The lowest BCUT2D eigenvalue weighted by atomic mass is 9.98. The number of carbonyl (C=O) groups excluding carboxylic acids is 1. The van der Waals surface area contributed by atoms with Crippen molar-refractivity contribution in [2.24, 2.45) is 0 Å². The monoisotopic (exact) mass is 419 g/mol. The van der Waals surface area contributed by atoms with Crippen LogP contribution in [0.3, 0.4) is 0 Å². The van der Waals surface area contributed by atoms with Crippen LogP contribution in [0.4, 0.5) is 0 Å². The van der Waals surface area contributed by atoms with Gasteiger partial charge in [-0.15, -0.1) is 0 Å². The van der Waals surface area contributed by atoms with E-state index in [-0.39, 0.29) is 17.1 Å². The molecule has 0 spiro atoms. The van der Waals surface area contributed by atoms with Crippen molar-refractivity contribution in [1.82, 2.24) is 14.8 Å². The fourth-order valence-corrected chi connectivity index (χ4v) is 4.46. The van der Waals surface area contributed by atoms with Gasteiger partial charge in [-0.2, -0.15) is 0 Å². The zero-order valence-corrected chi connectivity index (χ0v) is 17.8. The van der Waals surface area contributed by atoms with E-state index >= 15 is 0 Å². The van der Waals surface area contributed by atoms with Crippen molar-refractivity contribution in [2.75, 3.05) is 39.4 Å². The van der Waals surface area contributed by atoms with Gasteiger partial charge >= 0.3 is 0 Å². The summed E-state index contributed by atoms with van der Waals surface area (Å²) in [7, 11) is 0. The predicted molar refractivity (Wildman–Crippen MR) is 116 cm³/mol. The molecule has 31 heavy (non-hydrogen) atoms. The first kappa shape index (κ1) is 19.9. The van der Waals surface area contributed by atoms with Gasteiger partial charge in [-0.3, -0.25) is 19.5 Å². The third-order valence-corrected chi connectivity index (χ3v) is 6.34. The number of amides is 1. The molecule has 0 aliphatic carbocycles. The molecule has 1 unspecified atom stereocenters. The Kier molecular flexibility index (Phi) is 5.08. The molecular formula is C24H25N3O4. The molecule has 1 atom stereocenters. The molecule has 4 heterocycles. The molecule has 2 aliphatic heterocycles. The Morgan fingerprint density at radius 2 is 1.87 bits per heavy atom. The quantitative estimate of drug-likeness (QED) is 0.647. The highest BCUT2D eigenvalue weighted by atomic mass is 16.5. The average molecular weight is 419 g/mol. The molecule has 1 amide bonds. The van der Waals surface area contributed by atoms with Crippen LogP contribution >= 0.6 is 0 Å². The van der Waals surface area contributed by atoms with E-state index in [1.807, 2.05) is 38.1 Å². The molecule has 7 heteroatoms. The molecule has 0 radical (unpaired) electrons. The lowest BCUT2D eigenvalue weighted by molar-refractivity contribution is 0.0314. The second-order valence-electron chi connectivity index (χ2n) is 8.25. The largest absolute Gasteiger partial charge is 0.450 e. The number of hydrogen-bond donors (Lipinski definition) is 0. The summed E-state index contributed by atoms with van der Waals surface area (Å²) in [4.78, 5) is 35.3. The predicted octanol–water partition coefficient (Wildman–Crippen LogP) is 2.68. The van der Waals surface area contributed by atoms with Gasteiger partial charge in [0.2, 0.25) is 5.76 Å². The van der Waals surface area contributed by atoms with E-state index in [2.05, 4.69) is 9.88 Å². The van der Waals surface area contributed by atoms with Crippen LogP contribution in [0, 0.1) is 13.8 Å². The van der Waals surface area contributed by atoms with Crippen LogP contribution in [0.1, 0.15) is 38.9 Å². The van der Waals surface area contributed by atoms with Crippen molar-refractivity contribution in [3.05, 3.63) is 74.9 Å². The Morgan fingerprint density at radius 1 is 1.10 bits per heavy atom. The lowest BCUT2D eigenvalue weighted by Gasteiger charge is -2.30. The van der Waals surface area contributed by atoms with Crippen molar-refractivity contribution in [2.45, 2.75) is 19.9 Å². The number of morpholine rings is 1. The highest BCUT2D eigenvalue weighted by Crippen LogP contribution is 2.38. The van der Waals surface area contributed by atoms with Gasteiger partial charge in [-0.25, -0.2) is 0 Å². The van der Waals surface area contributed by atoms with E-state index < -0.39 is 6.04 Å². The zero-order chi connectivity index (χ0) is 21.5. The van der Waals surface area contributed by atoms with Crippen molar-refractivity contribution in [1.29, 1.82) is 0 Å². The normalized spacial score (nSPS) is 19.2. The maximum atomic E-state index is 13.6. The minimum Gasteiger partial charge on any atom is -0.450 e. The molecule has 2 aliphatic rings. The molecule has 1 saturated heterocycles. The van der Waals surface area contributed by atoms with Gasteiger partial charge in [0.1, 0.15) is 5.58 Å². The zero-order valence-electron chi connectivity index (χ0n) is 17.8. The first-order valence-corrected chi connectivity index (χ1v) is 10.6. The molecule has 3 aromatic rings. The van der Waals surface area contributed by atoms with Gasteiger partial charge in [0.25, 0.3) is 5.91 Å². The summed E-state index contributed by atoms with van der Waals surface area (Å²) < 4.78 is 11.5. The van der Waals surface area contributed by atoms with E-state index in [9.17, 15) is 9.59 Å². The van der Waals surface area contributed by atoms with Crippen molar-refractivity contribution < 1.29 is 13.9 Å². The molecule has 5 rings (SSSR count). The minimum absolute atomic E-state index is 0.143. The van der Waals surface area contributed by atoms with Gasteiger partial charge in [-0.05, 0) is 48.7 Å². The second kappa shape index (κ2) is 7.90. The Bertz CT molecular complexity index is 1200. The van der Waals surface area contributed by atoms with E-state index in [4.69, 9.17) is 9.15 Å². The van der Waals surface area contributed by atoms with Crippen LogP contribution < -0.4 is 5.43 Å². The topological polar surface area (TPSA) is 75.9 Å². The molecule has 0 saturated carbocycles. The Balaban J connectivity index is 1.61. The molecule has 0 bridgehead atoms. The van der Waals surface area contributed by atoms with Crippen molar-refractivity contribution in [3.63, 3.8) is 0 Å². The number of hydrogen-bond acceptors (Lipinski definition) is 6. The van der Waals surface area contributed by atoms with Crippen LogP contribution in [-0.2, 0) is 4.74 Å². The number of nitrogens with zero attached hydrogens (tertiary/aromatic N) is 3. The van der Waals surface area contributed by atoms with Crippen molar-refractivity contribution >= 4 is 16.9 Å². The first-order valence-electron chi connectivity index (χ1n) is 10.6. The number of rotatable bonds is 4. The summed E-state index contributed by atoms with van der Waals surface area (Å²) in [5.74, 6) is -0.0917. The molecule has 160 valence electrons. The maximum absolute atomic E-state index is 13.6. The number of aryl methyl sites for hydroxylation is 2. The van der Waals surface area contributed by atoms with Crippen LogP contribution in [0.15, 0.2) is 45.9 Å². The fraction of sp³-hybridized carbons (Fsp3) is 0.375. The minimum atomic E-state index is -0.500. The molecule has 1 aromatic carbocycles. The maximum Gasteiger partial charge on any atom is 0.290 e. The summed E-state index contributed by atoms with van der Waals surface area (Å²) in [6, 6.07) is 6.94. The summed E-state index contributed by atoms with van der Waals surface area (Å²) in [5.41, 5.74) is 3.58. The van der Waals surface area contributed by atoms with Gasteiger partial charge < -0.3 is 14.1 Å². The standard InChI is InChI=1S/C24H25N3O4/c1-15-12-18-19(13-16(15)2)31-23-20(22(18)28)21(17-4-3-5-25-14-17)27(24(23)29)7-6-26-8-10-30-11-9-26/h3-5,12-14,21H,6-11H2,1-2H3. The number of fused-ring (bicyclic) bond motifs is 2. The Morgan fingerprint density at radius 3 is 2.61 bits per heavy atom. The number of aromatic nitrogens is 1. The Hall–Kier alpha value is -3.03. The molecular weight excluding hydrogens is 394 g/mol. The number of benzene rings is 1. The molecule has 0 N–H and O–H groups in total. The van der Waals surface area contributed by atoms with Gasteiger partial charge in [0.05, 0.1) is 30.2 Å². The molecule has 1 fully saturated rings. The van der Waals surface area contributed by atoms with Crippen LogP contribution in [0.25, 0.3) is 11.0 Å². The third-order valence-electron chi connectivity index (χ3n) is 6.34. The Labute approximate surface area is 180 Å². The lowest BCUT2D eigenvalue weighted by Crippen LogP contribution is -2.42. The summed E-state index contributed by atoms with van der Waals surface area (Å²) >= 11 is 0. The summed E-state index contributed by atoms with van der Waals surface area (Å²) in [6.45, 7) is 8.23. The highest BCUT2D eigenvalue weighted by molar-refractivity contribution is 5.99. The molecule has 7 nitrogen and oxygen atoms in total. The van der Waals surface area contributed by atoms with Gasteiger partial charge in [0, 0.05) is 38.6 Å². The highest BCUT2D eigenvalue weighted by Gasteiger charge is 2.42. The average Bonchev–Trinajstić information content (AvgIpc) is 3.07. The SMILES string of the molecule is Cc1cc2oc3c(c(=O)c2cc1C)C(c1cccnc1)N(CCN1CCOCC1)C3=O. The molecule has 2 aromatic heterocycles. The number of ether oxygens (including phenoxy) is 1. The third kappa shape index (κ3) is 3.43. The first-order chi connectivity index (χ1) is 15.0. The fourth-order valence-electron chi connectivity index (χ4n) is 4.46. The van der Waals surface area contributed by atoms with Gasteiger partial charge in [-0.1, -0.05) is 6.07 Å². The summed E-state index contributed by atoms with van der Waals surface area (Å²) in [6.07, 6.45) is 3.41. The van der Waals surface area contributed by atoms with Gasteiger partial charge in [0.15, 0.2) is 5.43 Å². The van der Waals surface area contributed by atoms with E-state index in [1.165, 1.54) is 0 Å². The number of carbonyl (C=O) groups is 1. The van der Waals surface area contributed by atoms with Crippen LogP contribution in [0.5, 0.6) is 0 Å². The van der Waals surface area contributed by atoms with E-state index in [0.29, 0.717) is 42.8 Å². The van der Waals surface area contributed by atoms with Crippen molar-refractivity contribution in [3.8, 4) is 0 Å². The second-order valence-corrected chi connectivity index (χ2v) is 8.25. The number of pyridine rings is 1. The van der Waals surface area contributed by atoms with E-state index in [1.54, 1.807) is 17.3 Å².